The minimum atomic E-state index is -0.505. The molecule has 72 heavy (non-hydrogen) atoms. The van der Waals surface area contributed by atoms with E-state index in [1.54, 1.807) is 36.4 Å². The van der Waals surface area contributed by atoms with Crippen LogP contribution in [0.5, 0.6) is 5.75 Å². The predicted octanol–water partition coefficient (Wildman–Crippen LogP) is 21.5. The van der Waals surface area contributed by atoms with Gasteiger partial charge in [-0.1, -0.05) is 279 Å². The van der Waals surface area contributed by atoms with Gasteiger partial charge in [0.25, 0.3) is 11.4 Å². The summed E-state index contributed by atoms with van der Waals surface area (Å²) in [6, 6.07) is 21.0. The van der Waals surface area contributed by atoms with Gasteiger partial charge < -0.3 is 10.2 Å². The van der Waals surface area contributed by atoms with E-state index in [9.17, 15) is 20.2 Å². The summed E-state index contributed by atoms with van der Waals surface area (Å²) in [5, 5.41) is 38.0. The van der Waals surface area contributed by atoms with Gasteiger partial charge in [0.1, 0.15) is 5.75 Å². The molecule has 5 rings (SSSR count). The number of nitro groups is 2. The normalized spacial score (nSPS) is 13.1. The van der Waals surface area contributed by atoms with Crippen LogP contribution < -0.4 is 0 Å². The second kappa shape index (κ2) is 56.0. The molecule has 2 saturated carbocycles. The molecular weight excluding hydrogens is 893 g/mol. The Morgan fingerprint density at radius 1 is 0.597 bits per heavy atom. The van der Waals surface area contributed by atoms with Crippen LogP contribution in [0.15, 0.2) is 84.9 Å². The predicted molar refractivity (Wildman–Crippen MR) is 320 cm³/mol. The first-order chi connectivity index (χ1) is 34.2. The van der Waals surface area contributed by atoms with Gasteiger partial charge >= 0.3 is 0 Å². The lowest BCUT2D eigenvalue weighted by Crippen LogP contribution is -2.04. The lowest BCUT2D eigenvalue weighted by molar-refractivity contribution is -0.385. The maximum absolute atomic E-state index is 10.6. The molecular formula is C64H114N2O6. The number of aromatic hydroxyl groups is 1. The number of aliphatic hydroxyl groups is 1. The van der Waals surface area contributed by atoms with Gasteiger partial charge in [-0.25, -0.2) is 0 Å². The largest absolute Gasteiger partial charge is 0.508 e. The molecule has 0 bridgehead atoms. The van der Waals surface area contributed by atoms with Crippen molar-refractivity contribution in [3.63, 3.8) is 0 Å². The van der Waals surface area contributed by atoms with Gasteiger partial charge in [0.15, 0.2) is 0 Å². The zero-order valence-corrected chi connectivity index (χ0v) is 49.9. The van der Waals surface area contributed by atoms with Crippen molar-refractivity contribution < 1.29 is 20.1 Å². The Kier molecular flexibility index (Phi) is 59.6. The van der Waals surface area contributed by atoms with Gasteiger partial charge in [0, 0.05) is 12.7 Å². The number of aryl methyl sites for hydroxylation is 1. The van der Waals surface area contributed by atoms with Gasteiger partial charge in [-0.15, -0.1) is 0 Å². The molecule has 2 aliphatic rings. The first-order valence-corrected chi connectivity index (χ1v) is 28.4. The molecule has 0 heterocycles. The fourth-order valence-electron chi connectivity index (χ4n) is 6.09. The van der Waals surface area contributed by atoms with Crippen LogP contribution in [0.1, 0.15) is 244 Å². The molecule has 0 aromatic heterocycles. The zero-order valence-electron chi connectivity index (χ0n) is 49.9. The Balaban J connectivity index is -0.000000238. The first-order valence-electron chi connectivity index (χ1n) is 28.4. The van der Waals surface area contributed by atoms with E-state index in [-0.39, 0.29) is 22.0 Å². The molecule has 0 amide bonds. The molecule has 8 nitrogen and oxygen atoms in total. The van der Waals surface area contributed by atoms with Crippen LogP contribution in [-0.4, -0.2) is 26.7 Å². The van der Waals surface area contributed by atoms with Crippen LogP contribution >= 0.6 is 0 Å². The second-order valence-corrected chi connectivity index (χ2v) is 19.7. The van der Waals surface area contributed by atoms with E-state index < -0.39 is 4.92 Å². The lowest BCUT2D eigenvalue weighted by Gasteiger charge is -2.18. The average molecular weight is 1010 g/mol. The van der Waals surface area contributed by atoms with E-state index in [0.717, 1.165) is 54.4 Å². The Morgan fingerprint density at radius 2 is 1.04 bits per heavy atom. The maximum atomic E-state index is 10.6. The van der Waals surface area contributed by atoms with Crippen LogP contribution in [-0.2, 0) is 0 Å². The molecule has 0 radical (unpaired) electrons. The highest BCUT2D eigenvalue weighted by atomic mass is 16.6. The number of hydrogen-bond donors (Lipinski definition) is 2. The Labute approximate surface area is 445 Å². The monoisotopic (exact) mass is 1010 g/mol. The van der Waals surface area contributed by atoms with Crippen molar-refractivity contribution >= 4 is 23.5 Å². The topological polar surface area (TPSA) is 127 Å². The third kappa shape index (κ3) is 53.5. The summed E-state index contributed by atoms with van der Waals surface area (Å²) in [7, 11) is 0. The van der Waals surface area contributed by atoms with E-state index in [2.05, 4.69) is 116 Å². The van der Waals surface area contributed by atoms with Crippen LogP contribution in [0.25, 0.3) is 12.2 Å². The maximum Gasteiger partial charge on any atom is 0.280 e. The summed E-state index contributed by atoms with van der Waals surface area (Å²) >= 11 is 0. The van der Waals surface area contributed by atoms with E-state index in [1.807, 2.05) is 45.0 Å². The van der Waals surface area contributed by atoms with Crippen molar-refractivity contribution in [1.82, 2.24) is 0 Å². The van der Waals surface area contributed by atoms with Crippen LogP contribution in [0.2, 0.25) is 0 Å². The molecule has 0 aliphatic heterocycles. The molecule has 2 atom stereocenters. The molecule has 3 aromatic rings. The molecule has 8 heteroatoms. The van der Waals surface area contributed by atoms with Gasteiger partial charge in [-0.05, 0) is 80.4 Å². The Morgan fingerprint density at radius 3 is 1.33 bits per heavy atom. The summed E-state index contributed by atoms with van der Waals surface area (Å²) in [6.07, 6.45) is 30.0. The lowest BCUT2D eigenvalue weighted by atomic mass is 9.88. The van der Waals surface area contributed by atoms with Crippen molar-refractivity contribution in [3.8, 4) is 5.75 Å². The van der Waals surface area contributed by atoms with E-state index in [0.29, 0.717) is 17.7 Å². The van der Waals surface area contributed by atoms with Gasteiger partial charge in [0.2, 0.25) is 0 Å². The summed E-state index contributed by atoms with van der Waals surface area (Å²) in [4.78, 5) is 20.2. The van der Waals surface area contributed by atoms with Crippen molar-refractivity contribution in [1.29, 1.82) is 0 Å². The van der Waals surface area contributed by atoms with E-state index in [4.69, 9.17) is 10.2 Å². The number of allylic oxidation sites excluding steroid dienone is 2. The van der Waals surface area contributed by atoms with Crippen LogP contribution in [0, 0.1) is 62.7 Å². The fraction of sp³-hybridized carbons (Fsp3) is 0.656. The number of aliphatic hydroxyl groups excluding tert-OH is 1. The third-order valence-electron chi connectivity index (χ3n) is 11.9. The van der Waals surface area contributed by atoms with Gasteiger partial charge in [0.05, 0.1) is 27.0 Å². The van der Waals surface area contributed by atoms with Crippen molar-refractivity contribution in [2.24, 2.45) is 35.5 Å². The number of rotatable bonds is 14. The molecule has 2 fully saturated rings. The Bertz CT molecular complexity index is 1650. The Hall–Kier alpha value is -4.30. The van der Waals surface area contributed by atoms with E-state index in [1.165, 1.54) is 120 Å². The van der Waals surface area contributed by atoms with Crippen molar-refractivity contribution in [3.05, 3.63) is 122 Å². The molecule has 2 N–H and O–H groups in total. The number of nitro benzene ring substituents is 2. The highest BCUT2D eigenvalue weighted by Crippen LogP contribution is 2.31. The van der Waals surface area contributed by atoms with Gasteiger partial charge in [-0.3, -0.25) is 20.2 Å². The number of phenols is 1. The fourth-order valence-corrected chi connectivity index (χ4v) is 6.09. The molecule has 0 spiro atoms. The molecule has 2 aliphatic carbocycles. The average Bonchev–Trinajstić information content (AvgIpc) is 4.23. The zero-order chi connectivity index (χ0) is 56.1. The summed E-state index contributed by atoms with van der Waals surface area (Å²) in [5.41, 5.74) is 2.55. The van der Waals surface area contributed by atoms with Gasteiger partial charge in [-0.2, -0.15) is 0 Å². The summed E-state index contributed by atoms with van der Waals surface area (Å²) in [5.74, 6) is 5.74. The second-order valence-electron chi connectivity index (χ2n) is 19.7. The minimum Gasteiger partial charge on any atom is -0.508 e. The summed E-state index contributed by atoms with van der Waals surface area (Å²) < 4.78 is 0. The van der Waals surface area contributed by atoms with Crippen LogP contribution in [0.3, 0.4) is 0 Å². The SMILES string of the molecule is C/C=C\c1ccccc1[N+](=O)[O-].CC/C=C\c1ccc(O)cc1[N+](=O)[O-].CCC.CCC(C)C.CCC(C)C(C)CC.CCC1CC1.CCC1CCCCC1.CCCC(C)C.CCCO.Cc1ccccc1. The van der Waals surface area contributed by atoms with E-state index >= 15 is 0 Å². The highest BCUT2D eigenvalue weighted by Gasteiger charge is 2.17. The van der Waals surface area contributed by atoms with Crippen molar-refractivity contribution in [2.45, 2.75) is 234 Å². The number of hydrogen-bond acceptors (Lipinski definition) is 6. The highest BCUT2D eigenvalue weighted by molar-refractivity contribution is 5.62. The molecule has 3 aromatic carbocycles. The smallest absolute Gasteiger partial charge is 0.280 e. The number of phenolic OH excluding ortho intramolecular Hbond substituents is 1. The molecule has 0 saturated heterocycles. The van der Waals surface area contributed by atoms with Crippen molar-refractivity contribution in [2.75, 3.05) is 6.61 Å². The third-order valence-corrected chi connectivity index (χ3v) is 11.9. The number of benzene rings is 3. The summed E-state index contributed by atoms with van der Waals surface area (Å²) in [6.45, 7) is 39.5. The number of para-hydroxylation sites is 1. The standard InChI is InChI=1S/C10H11NO3.C9H9NO2.C8H16.C8H18.C7H8.C6H14.C5H10.C5H12.C3H8O.C3H8/c1-2-3-4-8-5-6-9(12)7-10(8)11(13)14;1-2-5-8-6-3-4-7-9(8)10(11)12;1-2-8-6-4-3-5-7-8;1-5-7(3)8(4)6-2;1-7-5-3-2-4-6-7;1-4-5-6(2)3;1-2-5-3-4-5;1-4-5(2)3;1-2-3-4;1-3-2/h3-7,12H,2H2,1H3;2-7H,1H3;8H,2-7H2,1H3;7-8H,5-6H2,1-4H3;2-6H,1H3;6H,4-5H2,1-3H3;5H,2-4H2,1H3;5H,4H2,1-3H3;4H,2-3H2,1H3;3H2,1-2H3/b4-3-;5-2-;;;;;;;;. The van der Waals surface area contributed by atoms with Crippen LogP contribution in [0.4, 0.5) is 11.4 Å². The molecule has 416 valence electrons. The number of nitrogens with zero attached hydrogens (tertiary/aromatic N) is 2. The minimum absolute atomic E-state index is 0.0744. The first kappa shape index (κ1) is 76.6. The molecule has 2 unspecified atom stereocenters. The quantitative estimate of drug-likeness (QED) is 0.122.